The van der Waals surface area contributed by atoms with Gasteiger partial charge in [0.25, 0.3) is 0 Å². The Morgan fingerprint density at radius 2 is 1.59 bits per heavy atom. The average Bonchev–Trinajstić information content (AvgIpc) is 2.86. The van der Waals surface area contributed by atoms with E-state index in [-0.39, 0.29) is 35.4 Å². The minimum atomic E-state index is -0.673. The maximum atomic E-state index is 12.0. The van der Waals surface area contributed by atoms with Crippen molar-refractivity contribution in [3.05, 3.63) is 55.8 Å². The van der Waals surface area contributed by atoms with Crippen LogP contribution in [-0.2, 0) is 56.7 Å². The molecule has 0 aliphatic rings. The molecule has 1 rings (SSSR count). The molecule has 1 N–H and O–H groups in total. The molecule has 1 aromatic carbocycles. The number of hydrogen-bond acceptors (Lipinski definition) is 5. The van der Waals surface area contributed by atoms with Gasteiger partial charge in [-0.3, -0.25) is 4.79 Å². The largest absolute Gasteiger partial charge is 2.00 e. The third-order valence-electron chi connectivity index (χ3n) is 4.50. The number of unbranched alkanes of at least 4 members (excludes halogenated alkanes) is 2. The van der Waals surface area contributed by atoms with Gasteiger partial charge in [0.15, 0.2) is 0 Å². The van der Waals surface area contributed by atoms with E-state index in [0.29, 0.717) is 38.9 Å². The van der Waals surface area contributed by atoms with Crippen LogP contribution in [0, 0.1) is 20.0 Å². The van der Waals surface area contributed by atoms with E-state index in [1.165, 1.54) is 6.47 Å². The molecule has 0 bridgehead atoms. The molecule has 8 nitrogen and oxygen atoms in total. The molecule has 0 spiro atoms. The predicted molar refractivity (Wildman–Crippen MR) is 117 cm³/mol. The Hall–Kier alpha value is -1.98. The number of benzene rings is 1. The predicted octanol–water partition coefficient (Wildman–Crippen LogP) is 4.00. The summed E-state index contributed by atoms with van der Waals surface area (Å²) in [6.07, 6.45) is 5.55. The number of ketones is 1. The first-order valence-electron chi connectivity index (χ1n) is 10.6. The topological polar surface area (TPSA) is 133 Å². The van der Waals surface area contributed by atoms with Gasteiger partial charge < -0.3 is 19.4 Å². The van der Waals surface area contributed by atoms with Crippen LogP contribution in [0.1, 0.15) is 70.3 Å². The van der Waals surface area contributed by atoms with Crippen LogP contribution in [0.25, 0.3) is 0 Å². The average molecular weight is 517 g/mol. The summed E-state index contributed by atoms with van der Waals surface area (Å²) in [4.78, 5) is 22.4. The van der Waals surface area contributed by atoms with E-state index in [1.54, 1.807) is 0 Å². The minimum Gasteiger partial charge on any atom is 2.00 e. The van der Waals surface area contributed by atoms with Crippen molar-refractivity contribution in [2.24, 2.45) is 0 Å². The van der Waals surface area contributed by atoms with Crippen molar-refractivity contribution < 1.29 is 55.2 Å². The van der Waals surface area contributed by atoms with Gasteiger partial charge in [0.05, 0.1) is 18.8 Å². The number of ether oxygens (including phenoxy) is 2. The zero-order valence-corrected chi connectivity index (χ0v) is 20.6. The van der Waals surface area contributed by atoms with Crippen molar-refractivity contribution in [1.82, 2.24) is 0 Å². The fourth-order valence-corrected chi connectivity index (χ4v) is 2.93. The SMILES string of the molecule is CCCCC[C@H](CCCC(=O)C[C@@H](O)CCOCc1ccccc1)O[C-]=O.[C-]#[O+].[C-]#[O+].[C-]#[O+].[Fe+2]. The number of carbonyl (C=O) groups is 1. The molecule has 188 valence electrons. The molecule has 0 aromatic heterocycles. The third kappa shape index (κ3) is 26.3. The number of Topliss-reactive ketones (excluding diaryl/α,β-unsaturated/α-hetero) is 1. The quantitative estimate of drug-likeness (QED) is 0.144. The first kappa shape index (κ1) is 39.2. The molecule has 9 heteroatoms. The Morgan fingerprint density at radius 3 is 2.15 bits per heavy atom. The number of aliphatic hydroxyl groups is 1. The summed E-state index contributed by atoms with van der Waals surface area (Å²) in [6, 6.07) is 9.84. The first-order valence-corrected chi connectivity index (χ1v) is 10.6. The normalized spacial score (nSPS) is 10.6. The molecular formula is C25H33FeO8+. The Labute approximate surface area is 213 Å². The molecule has 1 aromatic rings. The molecule has 0 radical (unpaired) electrons. The van der Waals surface area contributed by atoms with Gasteiger partial charge in [-0.25, -0.2) is 0 Å². The molecule has 0 unspecified atom stereocenters. The zero-order chi connectivity index (χ0) is 25.7. The Bertz CT molecular complexity index is 617. The monoisotopic (exact) mass is 517 g/mol. The molecule has 0 amide bonds. The molecule has 0 fully saturated rings. The Balaban J connectivity index is -0.000000593. The summed E-state index contributed by atoms with van der Waals surface area (Å²) in [5.41, 5.74) is 1.09. The van der Waals surface area contributed by atoms with Crippen molar-refractivity contribution in [3.63, 3.8) is 0 Å². The van der Waals surface area contributed by atoms with Gasteiger partial charge in [-0.15, -0.1) is 0 Å². The molecular weight excluding hydrogens is 484 g/mol. The number of hydrogen-bond donors (Lipinski definition) is 1. The molecule has 0 saturated carbocycles. The zero-order valence-electron chi connectivity index (χ0n) is 19.5. The van der Waals surface area contributed by atoms with Gasteiger partial charge in [0.1, 0.15) is 5.78 Å². The minimum absolute atomic E-state index is 0. The van der Waals surface area contributed by atoms with E-state index in [4.69, 9.17) is 23.4 Å². The van der Waals surface area contributed by atoms with Crippen LogP contribution in [0.5, 0.6) is 0 Å². The summed E-state index contributed by atoms with van der Waals surface area (Å²) in [5.74, 6) is 0.0351. The van der Waals surface area contributed by atoms with Crippen molar-refractivity contribution in [3.8, 4) is 0 Å². The molecule has 0 saturated heterocycles. The van der Waals surface area contributed by atoms with Crippen molar-refractivity contribution in [2.45, 2.75) is 83.5 Å². The number of aliphatic hydroxyl groups excluding tert-OH is 1. The summed E-state index contributed by atoms with van der Waals surface area (Å²) in [6.45, 7) is 18.1. The summed E-state index contributed by atoms with van der Waals surface area (Å²) < 4.78 is 33.0. The summed E-state index contributed by atoms with van der Waals surface area (Å²) in [5, 5.41) is 9.98. The number of carbonyl (C=O) groups excluding carboxylic acids is 2. The van der Waals surface area contributed by atoms with Gasteiger partial charge in [-0.1, -0.05) is 56.6 Å². The molecule has 34 heavy (non-hydrogen) atoms. The Morgan fingerprint density at radius 1 is 1.00 bits per heavy atom. The fraction of sp³-hybridized carbons (Fsp3) is 0.560. The fourth-order valence-electron chi connectivity index (χ4n) is 2.93. The maximum Gasteiger partial charge on any atom is 2.00 e. The molecule has 0 heterocycles. The van der Waals surface area contributed by atoms with E-state index >= 15 is 0 Å². The first-order chi connectivity index (χ1) is 16.2. The van der Waals surface area contributed by atoms with E-state index < -0.39 is 6.10 Å². The van der Waals surface area contributed by atoms with Crippen LogP contribution in [0.15, 0.2) is 30.3 Å². The molecule has 0 aliphatic heterocycles. The second-order valence-corrected chi connectivity index (χ2v) is 6.93. The third-order valence-corrected chi connectivity index (χ3v) is 4.50. The smallest absolute Gasteiger partial charge is 2.00 e. The van der Waals surface area contributed by atoms with E-state index in [1.807, 2.05) is 30.3 Å². The van der Waals surface area contributed by atoms with Crippen LogP contribution in [-0.4, -0.2) is 36.2 Å². The second kappa shape index (κ2) is 33.2. The molecule has 2 atom stereocenters. The van der Waals surface area contributed by atoms with Crippen LogP contribution < -0.4 is 0 Å². The van der Waals surface area contributed by atoms with Crippen molar-refractivity contribution >= 4 is 12.3 Å². The van der Waals surface area contributed by atoms with Gasteiger partial charge in [-0.2, -0.15) is 0 Å². The van der Waals surface area contributed by atoms with Crippen molar-refractivity contribution in [1.29, 1.82) is 0 Å². The van der Waals surface area contributed by atoms with Crippen LogP contribution in [0.3, 0.4) is 0 Å². The van der Waals surface area contributed by atoms with Crippen LogP contribution in [0.4, 0.5) is 0 Å². The van der Waals surface area contributed by atoms with E-state index in [2.05, 4.69) is 26.9 Å². The number of rotatable bonds is 17. The van der Waals surface area contributed by atoms with Crippen molar-refractivity contribution in [2.75, 3.05) is 6.61 Å². The Kier molecular flexibility index (Phi) is 38.3. The maximum absolute atomic E-state index is 12.0. The van der Waals surface area contributed by atoms with Gasteiger partial charge >= 0.3 is 51.0 Å². The molecule has 0 aliphatic carbocycles. The summed E-state index contributed by atoms with van der Waals surface area (Å²) in [7, 11) is 0. The standard InChI is InChI=1S/C22H33O5.3CO.Fe/c1-2-3-5-12-22(27-18-23)13-8-11-20(24)16-21(25)14-15-26-17-19-9-6-4-7-10-19;3*1-2;/h4,6-7,9-10,21-22,25H,2-3,5,8,11-17H2,1H3;;;;/q-1;;;;+2/t21-,22+;;;;/m0..../s1. The van der Waals surface area contributed by atoms with E-state index in [9.17, 15) is 14.7 Å². The summed E-state index contributed by atoms with van der Waals surface area (Å²) >= 11 is 0. The second-order valence-electron chi connectivity index (χ2n) is 6.93. The van der Waals surface area contributed by atoms with Gasteiger partial charge in [-0.05, 0) is 37.7 Å². The van der Waals surface area contributed by atoms with Gasteiger partial charge in [0, 0.05) is 19.4 Å². The van der Waals surface area contributed by atoms with Gasteiger partial charge in [0.2, 0.25) is 0 Å². The van der Waals surface area contributed by atoms with Crippen LogP contribution >= 0.6 is 0 Å². The van der Waals surface area contributed by atoms with E-state index in [0.717, 1.165) is 31.2 Å². The van der Waals surface area contributed by atoms with Crippen LogP contribution in [0.2, 0.25) is 0 Å².